The van der Waals surface area contributed by atoms with Crippen LogP contribution in [0.4, 0.5) is 0 Å². The molecule has 0 bridgehead atoms. The first-order valence-electron chi connectivity index (χ1n) is 4.97. The maximum atomic E-state index is 5.87. The van der Waals surface area contributed by atoms with E-state index in [1.54, 1.807) is 0 Å². The highest BCUT2D eigenvalue weighted by atomic mass is 79.9. The summed E-state index contributed by atoms with van der Waals surface area (Å²) >= 11 is 9.27. The number of pyridine rings is 1. The quantitative estimate of drug-likeness (QED) is 0.849. The zero-order chi connectivity index (χ0) is 10.8. The second-order valence-corrected chi connectivity index (χ2v) is 4.83. The van der Waals surface area contributed by atoms with E-state index in [9.17, 15) is 0 Å². The second-order valence-electron chi connectivity index (χ2n) is 3.62. The van der Waals surface area contributed by atoms with E-state index in [2.05, 4.69) is 37.4 Å². The number of hydrogen-bond acceptors (Lipinski definition) is 3. The van der Waals surface area contributed by atoms with Crippen molar-refractivity contribution >= 4 is 27.5 Å². The van der Waals surface area contributed by atoms with Crippen molar-refractivity contribution in [2.24, 2.45) is 0 Å². The third-order valence-corrected chi connectivity index (χ3v) is 3.88. The Bertz CT molecular complexity index is 359. The van der Waals surface area contributed by atoms with E-state index in [4.69, 9.17) is 11.6 Å². The van der Waals surface area contributed by atoms with Crippen molar-refractivity contribution in [3.63, 3.8) is 0 Å². The van der Waals surface area contributed by atoms with Gasteiger partial charge in [0, 0.05) is 12.7 Å². The van der Waals surface area contributed by atoms with Gasteiger partial charge in [-0.1, -0.05) is 11.6 Å². The fourth-order valence-electron chi connectivity index (χ4n) is 2.00. The van der Waals surface area contributed by atoms with E-state index in [-0.39, 0.29) is 0 Å². The molecule has 0 amide bonds. The smallest absolute Gasteiger partial charge is 0.143 e. The summed E-state index contributed by atoms with van der Waals surface area (Å²) in [6, 6.07) is 2.46. The lowest BCUT2D eigenvalue weighted by Gasteiger charge is -2.23. The minimum Gasteiger partial charge on any atom is -0.258 e. The largest absolute Gasteiger partial charge is 0.258 e. The molecule has 1 aliphatic heterocycles. The summed E-state index contributed by atoms with van der Waals surface area (Å²) in [6.45, 7) is 1.08. The molecule has 82 valence electrons. The van der Waals surface area contributed by atoms with Gasteiger partial charge in [0.25, 0.3) is 0 Å². The van der Waals surface area contributed by atoms with Crippen LogP contribution in [-0.2, 0) is 0 Å². The van der Waals surface area contributed by atoms with E-state index in [0.717, 1.165) is 17.4 Å². The highest BCUT2D eigenvalue weighted by Gasteiger charge is 2.25. The summed E-state index contributed by atoms with van der Waals surface area (Å²) < 4.78 is 0.865. The van der Waals surface area contributed by atoms with Crippen LogP contribution in [-0.4, -0.2) is 23.6 Å². The molecule has 0 saturated carbocycles. The van der Waals surface area contributed by atoms with E-state index in [1.165, 1.54) is 12.0 Å². The predicted octanol–water partition coefficient (Wildman–Crippen LogP) is 2.77. The fourth-order valence-corrected chi connectivity index (χ4v) is 2.47. The van der Waals surface area contributed by atoms with E-state index in [1.807, 2.05) is 13.2 Å². The summed E-state index contributed by atoms with van der Waals surface area (Å²) in [5, 5.41) is 2.75. The molecule has 3 nitrogen and oxygen atoms in total. The Kier molecular flexibility index (Phi) is 3.61. The molecule has 0 spiro atoms. The average Bonchev–Trinajstić information content (AvgIpc) is 2.70. The SMILES string of the molecule is CNN1CCC[C@H]1c1cnc(Cl)c(Br)c1. The monoisotopic (exact) mass is 289 g/mol. The molecule has 0 aromatic carbocycles. The topological polar surface area (TPSA) is 28.2 Å². The number of halogens is 2. The number of aromatic nitrogens is 1. The van der Waals surface area contributed by atoms with E-state index >= 15 is 0 Å². The standard InChI is InChI=1S/C10H13BrClN3/c1-13-15-4-2-3-9(15)7-5-8(11)10(12)14-6-7/h5-6,9,13H,2-4H2,1H3/t9-/m0/s1. The zero-order valence-electron chi connectivity index (χ0n) is 8.50. The Morgan fingerprint density at radius 3 is 3.13 bits per heavy atom. The van der Waals surface area contributed by atoms with Crippen LogP contribution in [0, 0.1) is 0 Å². The number of hydrogen-bond donors (Lipinski definition) is 1. The van der Waals surface area contributed by atoms with Crippen molar-refractivity contribution in [1.82, 2.24) is 15.4 Å². The van der Waals surface area contributed by atoms with Crippen molar-refractivity contribution in [3.8, 4) is 0 Å². The molecule has 15 heavy (non-hydrogen) atoms. The molecule has 0 radical (unpaired) electrons. The Morgan fingerprint density at radius 1 is 1.67 bits per heavy atom. The van der Waals surface area contributed by atoms with Crippen LogP contribution in [0.3, 0.4) is 0 Å². The lowest BCUT2D eigenvalue weighted by Crippen LogP contribution is -2.34. The summed E-state index contributed by atoms with van der Waals surface area (Å²) in [7, 11) is 1.96. The first-order valence-corrected chi connectivity index (χ1v) is 6.14. The summed E-state index contributed by atoms with van der Waals surface area (Å²) in [4.78, 5) is 4.16. The van der Waals surface area contributed by atoms with Crippen molar-refractivity contribution in [3.05, 3.63) is 27.5 Å². The Balaban J connectivity index is 2.25. The van der Waals surface area contributed by atoms with Crippen LogP contribution in [0.15, 0.2) is 16.7 Å². The lowest BCUT2D eigenvalue weighted by molar-refractivity contribution is 0.190. The fraction of sp³-hybridized carbons (Fsp3) is 0.500. The normalized spacial score (nSPS) is 22.2. The van der Waals surface area contributed by atoms with Crippen molar-refractivity contribution < 1.29 is 0 Å². The van der Waals surface area contributed by atoms with Gasteiger partial charge in [0.1, 0.15) is 5.15 Å². The minimum atomic E-state index is 0.413. The van der Waals surface area contributed by atoms with Gasteiger partial charge in [0.2, 0.25) is 0 Å². The molecule has 2 rings (SSSR count). The Labute approximate surface area is 103 Å². The number of nitrogens with zero attached hydrogens (tertiary/aromatic N) is 2. The number of rotatable bonds is 2. The van der Waals surface area contributed by atoms with Crippen molar-refractivity contribution in [1.29, 1.82) is 0 Å². The van der Waals surface area contributed by atoms with Gasteiger partial charge in [0.15, 0.2) is 0 Å². The van der Waals surface area contributed by atoms with Gasteiger partial charge in [-0.25, -0.2) is 9.99 Å². The first-order chi connectivity index (χ1) is 7.22. The van der Waals surface area contributed by atoms with Crippen LogP contribution >= 0.6 is 27.5 Å². The van der Waals surface area contributed by atoms with Gasteiger partial charge in [-0.2, -0.15) is 0 Å². The zero-order valence-corrected chi connectivity index (χ0v) is 10.8. The lowest BCUT2D eigenvalue weighted by atomic mass is 10.1. The van der Waals surface area contributed by atoms with Gasteiger partial charge in [-0.05, 0) is 47.4 Å². The molecule has 1 N–H and O–H groups in total. The number of nitrogens with one attached hydrogen (secondary N) is 1. The summed E-state index contributed by atoms with van der Waals surface area (Å²) in [5.41, 5.74) is 4.41. The molecular formula is C10H13BrClN3. The maximum absolute atomic E-state index is 5.87. The molecule has 2 heterocycles. The van der Waals surface area contributed by atoms with Crippen LogP contribution in [0.2, 0.25) is 5.15 Å². The summed E-state index contributed by atoms with van der Waals surface area (Å²) in [6.07, 6.45) is 4.23. The second kappa shape index (κ2) is 4.78. The Morgan fingerprint density at radius 2 is 2.47 bits per heavy atom. The first kappa shape index (κ1) is 11.3. The van der Waals surface area contributed by atoms with Gasteiger partial charge >= 0.3 is 0 Å². The highest BCUT2D eigenvalue weighted by Crippen LogP contribution is 2.32. The molecule has 1 atom stereocenters. The molecule has 5 heteroatoms. The third kappa shape index (κ3) is 2.33. The van der Waals surface area contributed by atoms with Gasteiger partial charge < -0.3 is 0 Å². The summed E-state index contributed by atoms with van der Waals surface area (Å²) in [5.74, 6) is 0. The maximum Gasteiger partial charge on any atom is 0.143 e. The molecule has 1 fully saturated rings. The van der Waals surface area contributed by atoms with Crippen molar-refractivity contribution in [2.75, 3.05) is 13.6 Å². The van der Waals surface area contributed by atoms with Gasteiger partial charge in [-0.15, -0.1) is 0 Å². The average molecular weight is 291 g/mol. The molecule has 1 aromatic heterocycles. The van der Waals surface area contributed by atoms with Gasteiger partial charge in [-0.3, -0.25) is 5.43 Å². The predicted molar refractivity (Wildman–Crippen MR) is 64.7 cm³/mol. The van der Waals surface area contributed by atoms with E-state index in [0.29, 0.717) is 11.2 Å². The molecular weight excluding hydrogens is 277 g/mol. The third-order valence-electron chi connectivity index (χ3n) is 2.74. The van der Waals surface area contributed by atoms with Crippen LogP contribution in [0.1, 0.15) is 24.4 Å². The molecule has 1 saturated heterocycles. The van der Waals surface area contributed by atoms with Gasteiger partial charge in [0.05, 0.1) is 10.5 Å². The Hall–Kier alpha value is -0.160. The van der Waals surface area contributed by atoms with E-state index < -0.39 is 0 Å². The minimum absolute atomic E-state index is 0.413. The van der Waals surface area contributed by atoms with Crippen LogP contribution in [0.5, 0.6) is 0 Å². The highest BCUT2D eigenvalue weighted by molar-refractivity contribution is 9.10. The van der Waals surface area contributed by atoms with Crippen LogP contribution < -0.4 is 5.43 Å². The molecule has 1 aliphatic rings. The van der Waals surface area contributed by atoms with Crippen LogP contribution in [0.25, 0.3) is 0 Å². The molecule has 1 aromatic rings. The molecule has 0 unspecified atom stereocenters. The number of hydrazine groups is 1. The van der Waals surface area contributed by atoms with Crippen molar-refractivity contribution in [2.45, 2.75) is 18.9 Å². The molecule has 0 aliphatic carbocycles.